The van der Waals surface area contributed by atoms with E-state index in [2.05, 4.69) is 0 Å². The molecule has 15 heavy (non-hydrogen) atoms. The molecule has 1 aromatic rings. The molecule has 2 unspecified atom stereocenters. The van der Waals surface area contributed by atoms with Gasteiger partial charge in [-0.2, -0.15) is 5.26 Å². The van der Waals surface area contributed by atoms with Crippen LogP contribution >= 0.6 is 11.8 Å². The first-order valence-electron chi connectivity index (χ1n) is 4.69. The SMILES string of the molecule is CC(O)C(C)Sc1ccc(C#N)cc1N. The molecule has 0 amide bonds. The minimum atomic E-state index is -0.384. The Kier molecular flexibility index (Phi) is 4.01. The summed E-state index contributed by atoms with van der Waals surface area (Å²) in [5, 5.41) is 18.1. The van der Waals surface area contributed by atoms with Crippen molar-refractivity contribution in [3.8, 4) is 6.07 Å². The number of benzene rings is 1. The third-order valence-corrected chi connectivity index (χ3v) is 3.52. The van der Waals surface area contributed by atoms with Gasteiger partial charge in [0.05, 0.1) is 17.7 Å². The van der Waals surface area contributed by atoms with Gasteiger partial charge in [0.15, 0.2) is 0 Å². The first-order chi connectivity index (χ1) is 7.04. The summed E-state index contributed by atoms with van der Waals surface area (Å²) in [7, 11) is 0. The molecule has 0 aliphatic rings. The Balaban J connectivity index is 2.84. The van der Waals surface area contributed by atoms with E-state index >= 15 is 0 Å². The van der Waals surface area contributed by atoms with E-state index in [4.69, 9.17) is 11.0 Å². The summed E-state index contributed by atoms with van der Waals surface area (Å²) in [5.41, 5.74) is 6.94. The van der Waals surface area contributed by atoms with Crippen LogP contribution in [-0.4, -0.2) is 16.5 Å². The van der Waals surface area contributed by atoms with E-state index in [-0.39, 0.29) is 11.4 Å². The Labute approximate surface area is 93.9 Å². The van der Waals surface area contributed by atoms with Gasteiger partial charge in [0.25, 0.3) is 0 Å². The molecule has 4 heteroatoms. The lowest BCUT2D eigenvalue weighted by Crippen LogP contribution is -2.15. The maximum Gasteiger partial charge on any atom is 0.0992 e. The molecule has 0 saturated heterocycles. The first kappa shape index (κ1) is 11.9. The van der Waals surface area contributed by atoms with Gasteiger partial charge in [-0.3, -0.25) is 0 Å². The maximum absolute atomic E-state index is 9.36. The van der Waals surface area contributed by atoms with E-state index in [0.717, 1.165) is 4.90 Å². The van der Waals surface area contributed by atoms with E-state index in [0.29, 0.717) is 11.3 Å². The lowest BCUT2D eigenvalue weighted by Gasteiger charge is -2.15. The van der Waals surface area contributed by atoms with Crippen LogP contribution in [-0.2, 0) is 0 Å². The van der Waals surface area contributed by atoms with Crippen LogP contribution in [0.3, 0.4) is 0 Å². The highest BCUT2D eigenvalue weighted by Gasteiger charge is 2.12. The monoisotopic (exact) mass is 222 g/mol. The quantitative estimate of drug-likeness (QED) is 0.606. The lowest BCUT2D eigenvalue weighted by molar-refractivity contribution is 0.196. The Morgan fingerprint density at radius 2 is 2.13 bits per heavy atom. The van der Waals surface area contributed by atoms with Gasteiger partial charge in [0, 0.05) is 15.8 Å². The number of nitrogen functional groups attached to an aromatic ring is 1. The molecule has 0 aromatic heterocycles. The third kappa shape index (κ3) is 3.15. The minimum Gasteiger partial charge on any atom is -0.398 e. The number of anilines is 1. The summed E-state index contributed by atoms with van der Waals surface area (Å²) in [4.78, 5) is 0.905. The van der Waals surface area contributed by atoms with Crippen molar-refractivity contribution in [3.05, 3.63) is 23.8 Å². The van der Waals surface area contributed by atoms with Crippen molar-refractivity contribution >= 4 is 17.4 Å². The highest BCUT2D eigenvalue weighted by molar-refractivity contribution is 8.00. The van der Waals surface area contributed by atoms with E-state index in [1.54, 1.807) is 19.1 Å². The van der Waals surface area contributed by atoms with E-state index in [1.165, 1.54) is 11.8 Å². The van der Waals surface area contributed by atoms with Gasteiger partial charge in [-0.15, -0.1) is 11.8 Å². The molecule has 0 saturated carbocycles. The molecule has 0 fully saturated rings. The highest BCUT2D eigenvalue weighted by atomic mass is 32.2. The van der Waals surface area contributed by atoms with E-state index < -0.39 is 0 Å². The summed E-state index contributed by atoms with van der Waals surface area (Å²) >= 11 is 1.51. The normalized spacial score (nSPS) is 14.3. The summed E-state index contributed by atoms with van der Waals surface area (Å²) < 4.78 is 0. The molecule has 2 atom stereocenters. The summed E-state index contributed by atoms with van der Waals surface area (Å²) in [6, 6.07) is 7.23. The van der Waals surface area contributed by atoms with Crippen LogP contribution in [0.5, 0.6) is 0 Å². The second-order valence-electron chi connectivity index (χ2n) is 3.43. The zero-order chi connectivity index (χ0) is 11.4. The molecule has 0 bridgehead atoms. The van der Waals surface area contributed by atoms with Crippen LogP contribution in [0.1, 0.15) is 19.4 Å². The van der Waals surface area contributed by atoms with E-state index in [1.807, 2.05) is 19.1 Å². The van der Waals surface area contributed by atoms with Crippen molar-refractivity contribution in [2.45, 2.75) is 30.1 Å². The maximum atomic E-state index is 9.36. The average molecular weight is 222 g/mol. The van der Waals surface area contributed by atoms with E-state index in [9.17, 15) is 5.11 Å². The number of nitrogens with zero attached hydrogens (tertiary/aromatic N) is 1. The van der Waals surface area contributed by atoms with Gasteiger partial charge in [-0.1, -0.05) is 6.92 Å². The van der Waals surface area contributed by atoms with Gasteiger partial charge >= 0.3 is 0 Å². The Morgan fingerprint density at radius 1 is 1.47 bits per heavy atom. The van der Waals surface area contributed by atoms with Crippen LogP contribution in [0, 0.1) is 11.3 Å². The Hall–Kier alpha value is -1.18. The van der Waals surface area contributed by atoms with Crippen molar-refractivity contribution in [1.29, 1.82) is 5.26 Å². The van der Waals surface area contributed by atoms with Crippen molar-refractivity contribution in [2.24, 2.45) is 0 Å². The van der Waals surface area contributed by atoms with Crippen molar-refractivity contribution in [1.82, 2.24) is 0 Å². The molecule has 3 N–H and O–H groups in total. The fourth-order valence-corrected chi connectivity index (χ4v) is 1.96. The van der Waals surface area contributed by atoms with Crippen LogP contribution in [0.15, 0.2) is 23.1 Å². The first-order valence-corrected chi connectivity index (χ1v) is 5.57. The second kappa shape index (κ2) is 5.06. The van der Waals surface area contributed by atoms with Gasteiger partial charge in [0.1, 0.15) is 0 Å². The largest absolute Gasteiger partial charge is 0.398 e. The number of aliphatic hydroxyl groups is 1. The lowest BCUT2D eigenvalue weighted by atomic mass is 10.2. The van der Waals surface area contributed by atoms with Crippen molar-refractivity contribution in [2.75, 3.05) is 5.73 Å². The van der Waals surface area contributed by atoms with Gasteiger partial charge in [0.2, 0.25) is 0 Å². The molecule has 1 rings (SSSR count). The fourth-order valence-electron chi connectivity index (χ4n) is 1.02. The third-order valence-electron chi connectivity index (χ3n) is 2.13. The smallest absolute Gasteiger partial charge is 0.0992 e. The topological polar surface area (TPSA) is 70.0 Å². The molecule has 0 spiro atoms. The van der Waals surface area contributed by atoms with Crippen LogP contribution < -0.4 is 5.73 Å². The van der Waals surface area contributed by atoms with Crippen molar-refractivity contribution < 1.29 is 5.11 Å². The average Bonchev–Trinajstić information content (AvgIpc) is 2.20. The standard InChI is InChI=1S/C11H14N2OS/c1-7(14)8(2)15-11-4-3-9(6-12)5-10(11)13/h3-5,7-8,14H,13H2,1-2H3. The van der Waals surface area contributed by atoms with Gasteiger partial charge in [-0.25, -0.2) is 0 Å². The fraction of sp³-hybridized carbons (Fsp3) is 0.364. The van der Waals surface area contributed by atoms with Crippen LogP contribution in [0.25, 0.3) is 0 Å². The van der Waals surface area contributed by atoms with Crippen molar-refractivity contribution in [3.63, 3.8) is 0 Å². The van der Waals surface area contributed by atoms with Gasteiger partial charge < -0.3 is 10.8 Å². The molecular formula is C11H14N2OS. The molecule has 0 aliphatic carbocycles. The number of hydrogen-bond acceptors (Lipinski definition) is 4. The molecule has 0 radical (unpaired) electrons. The predicted octanol–water partition coefficient (Wildman–Crippen LogP) is 2.00. The van der Waals surface area contributed by atoms with Gasteiger partial charge in [-0.05, 0) is 25.1 Å². The molecule has 0 aliphatic heterocycles. The molecule has 1 aromatic carbocycles. The number of aliphatic hydroxyl groups excluding tert-OH is 1. The zero-order valence-electron chi connectivity index (χ0n) is 8.77. The second-order valence-corrected chi connectivity index (χ2v) is 4.85. The molecular weight excluding hydrogens is 208 g/mol. The number of hydrogen-bond donors (Lipinski definition) is 2. The number of nitrogens with two attached hydrogens (primary N) is 1. The summed E-state index contributed by atoms with van der Waals surface area (Å²) in [5.74, 6) is 0. The van der Waals surface area contributed by atoms with Crippen LogP contribution in [0.2, 0.25) is 0 Å². The molecule has 80 valence electrons. The Bertz CT molecular complexity index is 385. The number of rotatable bonds is 3. The number of thioether (sulfide) groups is 1. The molecule has 3 nitrogen and oxygen atoms in total. The van der Waals surface area contributed by atoms with Crippen LogP contribution in [0.4, 0.5) is 5.69 Å². The number of nitriles is 1. The Morgan fingerprint density at radius 3 is 2.60 bits per heavy atom. The molecule has 0 heterocycles. The predicted molar refractivity (Wildman–Crippen MR) is 62.6 cm³/mol. The summed E-state index contributed by atoms with van der Waals surface area (Å²) in [6.07, 6.45) is -0.384. The zero-order valence-corrected chi connectivity index (χ0v) is 9.58. The summed E-state index contributed by atoms with van der Waals surface area (Å²) in [6.45, 7) is 3.69. The highest BCUT2D eigenvalue weighted by Crippen LogP contribution is 2.30. The minimum absolute atomic E-state index is 0.0836.